The van der Waals surface area contributed by atoms with Gasteiger partial charge in [0.15, 0.2) is 11.5 Å². The minimum Gasteiger partial charge on any atom is -0.490 e. The lowest BCUT2D eigenvalue weighted by molar-refractivity contribution is 0.181. The number of aliphatic hydroxyl groups is 1. The molecular weight excluding hydrogens is 213 g/mol. The van der Waals surface area contributed by atoms with Gasteiger partial charge in [0.1, 0.15) is 5.82 Å². The van der Waals surface area contributed by atoms with Crippen molar-refractivity contribution in [2.45, 2.75) is 12.5 Å². The summed E-state index contributed by atoms with van der Waals surface area (Å²) < 4.78 is 24.3. The number of hydrogen-bond donors (Lipinski definition) is 2. The van der Waals surface area contributed by atoms with Crippen LogP contribution in [0.25, 0.3) is 0 Å². The number of nitrogens with two attached hydrogens (primary N) is 1. The molecule has 3 N–H and O–H groups in total. The highest BCUT2D eigenvalue weighted by molar-refractivity contribution is 5.44. The van der Waals surface area contributed by atoms with E-state index < -0.39 is 11.9 Å². The Labute approximate surface area is 92.8 Å². The van der Waals surface area contributed by atoms with Crippen LogP contribution in [-0.2, 0) is 0 Å². The number of halogens is 1. The molecule has 88 valence electrons. The summed E-state index contributed by atoms with van der Waals surface area (Å²) in [4.78, 5) is 0. The van der Waals surface area contributed by atoms with Crippen LogP contribution in [0, 0.1) is 5.82 Å². The molecular formula is C11H14FNO3. The van der Waals surface area contributed by atoms with E-state index >= 15 is 0 Å². The zero-order valence-corrected chi connectivity index (χ0v) is 8.78. The minimum atomic E-state index is -1.02. The van der Waals surface area contributed by atoms with E-state index in [1.807, 2.05) is 0 Å². The summed E-state index contributed by atoms with van der Waals surface area (Å²) in [6, 6.07) is 2.68. The fourth-order valence-corrected chi connectivity index (χ4v) is 1.58. The molecule has 1 aliphatic rings. The van der Waals surface area contributed by atoms with Gasteiger partial charge in [-0.15, -0.1) is 0 Å². The van der Waals surface area contributed by atoms with Crippen LogP contribution < -0.4 is 15.2 Å². The van der Waals surface area contributed by atoms with E-state index in [1.165, 1.54) is 12.1 Å². The molecule has 4 nitrogen and oxygen atoms in total. The van der Waals surface area contributed by atoms with Crippen LogP contribution in [-0.4, -0.2) is 24.9 Å². The molecule has 0 bridgehead atoms. The van der Waals surface area contributed by atoms with Crippen molar-refractivity contribution < 1.29 is 19.0 Å². The van der Waals surface area contributed by atoms with Gasteiger partial charge in [0.05, 0.1) is 19.3 Å². The summed E-state index contributed by atoms with van der Waals surface area (Å²) >= 11 is 0. The van der Waals surface area contributed by atoms with Crippen molar-refractivity contribution in [3.63, 3.8) is 0 Å². The smallest absolute Gasteiger partial charge is 0.164 e. The SMILES string of the molecule is NCC(O)c1cc2c(cc1F)OCCCO2. The number of hydrogen-bond acceptors (Lipinski definition) is 4. The topological polar surface area (TPSA) is 64.7 Å². The molecule has 1 atom stereocenters. The molecule has 16 heavy (non-hydrogen) atoms. The van der Waals surface area contributed by atoms with Gasteiger partial charge in [-0.3, -0.25) is 0 Å². The van der Waals surface area contributed by atoms with Crippen molar-refractivity contribution in [1.29, 1.82) is 0 Å². The van der Waals surface area contributed by atoms with Gasteiger partial charge in [0.2, 0.25) is 0 Å². The average molecular weight is 227 g/mol. The van der Waals surface area contributed by atoms with Gasteiger partial charge in [-0.25, -0.2) is 4.39 Å². The maximum absolute atomic E-state index is 13.6. The molecule has 2 rings (SSSR count). The fraction of sp³-hybridized carbons (Fsp3) is 0.455. The van der Waals surface area contributed by atoms with Crippen LogP contribution >= 0.6 is 0 Å². The highest BCUT2D eigenvalue weighted by atomic mass is 19.1. The van der Waals surface area contributed by atoms with Gasteiger partial charge in [-0.1, -0.05) is 0 Å². The molecule has 5 heteroatoms. The molecule has 1 aliphatic heterocycles. The molecule has 0 saturated heterocycles. The minimum absolute atomic E-state index is 0.0312. The van der Waals surface area contributed by atoms with Gasteiger partial charge in [-0.05, 0) is 6.07 Å². The molecule has 0 aromatic heterocycles. The zero-order valence-electron chi connectivity index (χ0n) is 8.78. The molecule has 0 amide bonds. The van der Waals surface area contributed by atoms with Crippen LogP contribution in [0.15, 0.2) is 12.1 Å². The highest BCUT2D eigenvalue weighted by Crippen LogP contribution is 2.34. The summed E-state index contributed by atoms with van der Waals surface area (Å²) in [7, 11) is 0. The third-order valence-corrected chi connectivity index (χ3v) is 2.45. The number of benzene rings is 1. The fourth-order valence-electron chi connectivity index (χ4n) is 1.58. The Morgan fingerprint density at radius 1 is 1.31 bits per heavy atom. The van der Waals surface area contributed by atoms with Crippen LogP contribution in [0.1, 0.15) is 18.1 Å². The molecule has 0 aliphatic carbocycles. The summed E-state index contributed by atoms with van der Waals surface area (Å²) in [5.41, 5.74) is 5.44. The van der Waals surface area contributed by atoms with Crippen molar-refractivity contribution >= 4 is 0 Å². The first-order valence-electron chi connectivity index (χ1n) is 5.19. The Kier molecular flexibility index (Phi) is 3.26. The summed E-state index contributed by atoms with van der Waals surface area (Å²) in [5.74, 6) is 0.312. The van der Waals surface area contributed by atoms with E-state index in [2.05, 4.69) is 0 Å². The quantitative estimate of drug-likeness (QED) is 0.790. The second-order valence-corrected chi connectivity index (χ2v) is 3.62. The first-order valence-corrected chi connectivity index (χ1v) is 5.19. The Bertz CT molecular complexity index is 384. The number of ether oxygens (including phenoxy) is 2. The van der Waals surface area contributed by atoms with E-state index in [0.29, 0.717) is 24.7 Å². The Morgan fingerprint density at radius 3 is 2.56 bits per heavy atom. The normalized spacial score (nSPS) is 16.7. The molecule has 0 spiro atoms. The van der Waals surface area contributed by atoms with Crippen molar-refractivity contribution in [3.05, 3.63) is 23.5 Å². The third kappa shape index (κ3) is 2.10. The maximum atomic E-state index is 13.6. The lowest BCUT2D eigenvalue weighted by atomic mass is 10.1. The van der Waals surface area contributed by atoms with Crippen LogP contribution in [0.4, 0.5) is 4.39 Å². The van der Waals surface area contributed by atoms with Gasteiger partial charge in [0.25, 0.3) is 0 Å². The second-order valence-electron chi connectivity index (χ2n) is 3.62. The highest BCUT2D eigenvalue weighted by Gasteiger charge is 2.18. The number of aliphatic hydroxyl groups excluding tert-OH is 1. The van der Waals surface area contributed by atoms with Crippen molar-refractivity contribution in [1.82, 2.24) is 0 Å². The van der Waals surface area contributed by atoms with Crippen LogP contribution in [0.3, 0.4) is 0 Å². The second kappa shape index (κ2) is 4.67. The molecule has 0 fully saturated rings. The Morgan fingerprint density at radius 2 is 1.94 bits per heavy atom. The molecule has 1 unspecified atom stereocenters. The van der Waals surface area contributed by atoms with Crippen LogP contribution in [0.2, 0.25) is 0 Å². The largest absolute Gasteiger partial charge is 0.490 e. The van der Waals surface area contributed by atoms with E-state index in [1.54, 1.807) is 0 Å². The van der Waals surface area contributed by atoms with E-state index in [9.17, 15) is 9.50 Å². The van der Waals surface area contributed by atoms with Gasteiger partial charge < -0.3 is 20.3 Å². The van der Waals surface area contributed by atoms with Gasteiger partial charge in [-0.2, -0.15) is 0 Å². The van der Waals surface area contributed by atoms with Crippen molar-refractivity contribution in [3.8, 4) is 11.5 Å². The predicted octanol–water partition coefficient (Wildman–Crippen LogP) is 0.979. The van der Waals surface area contributed by atoms with Gasteiger partial charge >= 0.3 is 0 Å². The number of fused-ring (bicyclic) bond motifs is 1. The van der Waals surface area contributed by atoms with Gasteiger partial charge in [0, 0.05) is 24.6 Å². The summed E-state index contributed by atoms with van der Waals surface area (Å²) in [6.45, 7) is 0.999. The predicted molar refractivity (Wildman–Crippen MR) is 56.0 cm³/mol. The lowest BCUT2D eigenvalue weighted by Gasteiger charge is -2.13. The van der Waals surface area contributed by atoms with E-state index in [4.69, 9.17) is 15.2 Å². The lowest BCUT2D eigenvalue weighted by Crippen LogP contribution is -2.13. The van der Waals surface area contributed by atoms with Crippen molar-refractivity contribution in [2.24, 2.45) is 5.73 Å². The Hall–Kier alpha value is -1.33. The van der Waals surface area contributed by atoms with Crippen LogP contribution in [0.5, 0.6) is 11.5 Å². The van der Waals surface area contributed by atoms with Crippen molar-refractivity contribution in [2.75, 3.05) is 19.8 Å². The first-order chi connectivity index (χ1) is 7.72. The molecule has 1 aromatic carbocycles. The standard InChI is InChI=1S/C11H14FNO3/c12-8-5-11-10(15-2-1-3-16-11)4-7(8)9(14)6-13/h4-5,9,14H,1-3,6,13H2. The molecule has 0 radical (unpaired) electrons. The monoisotopic (exact) mass is 227 g/mol. The van der Waals surface area contributed by atoms with E-state index in [0.717, 1.165) is 6.42 Å². The summed E-state index contributed by atoms with van der Waals surface area (Å²) in [5, 5.41) is 9.52. The molecule has 1 aromatic rings. The maximum Gasteiger partial charge on any atom is 0.164 e. The first kappa shape index (κ1) is 11.2. The number of rotatable bonds is 2. The third-order valence-electron chi connectivity index (χ3n) is 2.45. The Balaban J connectivity index is 2.38. The summed E-state index contributed by atoms with van der Waals surface area (Å²) in [6.07, 6.45) is -0.261. The van der Waals surface area contributed by atoms with E-state index in [-0.39, 0.29) is 12.1 Å². The molecule has 1 heterocycles. The zero-order chi connectivity index (χ0) is 11.5. The molecule has 0 saturated carbocycles. The average Bonchev–Trinajstić information content (AvgIpc) is 2.51.